The lowest BCUT2D eigenvalue weighted by Crippen LogP contribution is -2.14. The Morgan fingerprint density at radius 3 is 2.63 bits per heavy atom. The van der Waals surface area contributed by atoms with Crippen LogP contribution in [0.5, 0.6) is 0 Å². The van der Waals surface area contributed by atoms with Crippen LogP contribution >= 0.6 is 0 Å². The molecule has 3 aromatic heterocycles. The molecule has 0 bridgehead atoms. The summed E-state index contributed by atoms with van der Waals surface area (Å²) in [6.07, 6.45) is 6.92. The smallest absolute Gasteiger partial charge is 0.224 e. The second-order valence-electron chi connectivity index (χ2n) is 10.5. The molecule has 0 fully saturated rings. The van der Waals surface area contributed by atoms with Gasteiger partial charge in [-0.3, -0.25) is 9.89 Å². The van der Waals surface area contributed by atoms with E-state index in [1.54, 1.807) is 18.3 Å². The van der Waals surface area contributed by atoms with Gasteiger partial charge in [-0.05, 0) is 72.0 Å². The molecule has 206 valence electrons. The van der Waals surface area contributed by atoms with Gasteiger partial charge in [0, 0.05) is 29.4 Å². The van der Waals surface area contributed by atoms with Crippen molar-refractivity contribution < 1.29 is 9.18 Å². The Kier molecular flexibility index (Phi) is 6.93. The van der Waals surface area contributed by atoms with Gasteiger partial charge < -0.3 is 15.6 Å². The lowest BCUT2D eigenvalue weighted by atomic mass is 10.0. The third-order valence-electron chi connectivity index (χ3n) is 6.91. The predicted molar refractivity (Wildman–Crippen MR) is 161 cm³/mol. The van der Waals surface area contributed by atoms with Gasteiger partial charge in [0.15, 0.2) is 17.3 Å². The first-order valence-corrected chi connectivity index (χ1v) is 13.7. The van der Waals surface area contributed by atoms with Gasteiger partial charge in [-0.25, -0.2) is 14.4 Å². The van der Waals surface area contributed by atoms with E-state index in [1.165, 1.54) is 12.1 Å². The third kappa shape index (κ3) is 5.38. The fraction of sp³-hybridized carbons (Fsp3) is 0.188. The molecule has 0 aliphatic carbocycles. The van der Waals surface area contributed by atoms with E-state index >= 15 is 0 Å². The van der Waals surface area contributed by atoms with Crippen molar-refractivity contribution in [2.45, 2.75) is 33.6 Å². The first kappa shape index (κ1) is 26.2. The maximum absolute atomic E-state index is 13.6. The molecule has 0 saturated carbocycles. The van der Waals surface area contributed by atoms with Crippen molar-refractivity contribution in [1.82, 2.24) is 25.1 Å². The molecule has 1 aliphatic heterocycles. The van der Waals surface area contributed by atoms with Crippen molar-refractivity contribution in [3.05, 3.63) is 95.6 Å². The van der Waals surface area contributed by atoms with Crippen molar-refractivity contribution in [3.8, 4) is 22.8 Å². The summed E-state index contributed by atoms with van der Waals surface area (Å²) < 4.78 is 13.6. The summed E-state index contributed by atoms with van der Waals surface area (Å²) in [5, 5.41) is 13.9. The van der Waals surface area contributed by atoms with E-state index in [-0.39, 0.29) is 17.6 Å². The molecule has 2 aromatic carbocycles. The van der Waals surface area contributed by atoms with E-state index in [2.05, 4.69) is 38.8 Å². The topological polar surface area (TPSA) is 111 Å². The zero-order valence-corrected chi connectivity index (χ0v) is 23.0. The Hall–Kier alpha value is -5.05. The number of hydrogen-bond donors (Lipinski definition) is 4. The Bertz CT molecular complexity index is 1810. The highest BCUT2D eigenvalue weighted by Gasteiger charge is 2.21. The summed E-state index contributed by atoms with van der Waals surface area (Å²) in [6, 6.07) is 16.3. The van der Waals surface area contributed by atoms with Gasteiger partial charge in [0.05, 0.1) is 16.9 Å². The molecule has 8 nitrogen and oxygen atoms in total. The number of carbonyl (C=O) groups is 1. The number of H-pyrrole nitrogens is 2. The highest BCUT2D eigenvalue weighted by atomic mass is 19.1. The fourth-order valence-corrected chi connectivity index (χ4v) is 4.93. The van der Waals surface area contributed by atoms with Crippen molar-refractivity contribution in [2.75, 3.05) is 10.6 Å². The number of nitrogens with zero attached hydrogens (tertiary/aromatic N) is 3. The number of halogens is 1. The minimum Gasteiger partial charge on any atom is -0.345 e. The van der Waals surface area contributed by atoms with Gasteiger partial charge in [-0.2, -0.15) is 5.10 Å². The predicted octanol–water partition coefficient (Wildman–Crippen LogP) is 7.07. The third-order valence-corrected chi connectivity index (χ3v) is 6.91. The van der Waals surface area contributed by atoms with Gasteiger partial charge >= 0.3 is 0 Å². The van der Waals surface area contributed by atoms with Crippen molar-refractivity contribution in [3.63, 3.8) is 0 Å². The summed E-state index contributed by atoms with van der Waals surface area (Å²) >= 11 is 0. The Labute approximate surface area is 236 Å². The number of aromatic nitrogens is 5. The average Bonchev–Trinajstić information content (AvgIpc) is 3.51. The SMILES string of the molecule is CCc1cc(NC(=O)CC(C)C)cc(-c2ccc3[nH]nc(-c4nc5c([nH]4)C(c4ccc(F)cc4)=CC=CN5)c3n2)c1. The number of rotatable bonds is 7. The lowest BCUT2D eigenvalue weighted by Gasteiger charge is -2.11. The van der Waals surface area contributed by atoms with Crippen LogP contribution in [0.2, 0.25) is 0 Å². The molecule has 0 unspecified atom stereocenters. The number of hydrogen-bond acceptors (Lipinski definition) is 5. The van der Waals surface area contributed by atoms with Crippen LogP contribution in [0, 0.1) is 11.7 Å². The molecular weight excluding hydrogens is 517 g/mol. The molecule has 41 heavy (non-hydrogen) atoms. The van der Waals surface area contributed by atoms with Crippen LogP contribution in [0.1, 0.15) is 44.0 Å². The van der Waals surface area contributed by atoms with Crippen LogP contribution in [0.3, 0.4) is 0 Å². The van der Waals surface area contributed by atoms with E-state index in [0.717, 1.165) is 51.3 Å². The summed E-state index contributed by atoms with van der Waals surface area (Å²) in [5.74, 6) is 1.16. The van der Waals surface area contributed by atoms with Crippen LogP contribution in [-0.2, 0) is 11.2 Å². The monoisotopic (exact) mass is 547 g/mol. The number of amides is 1. The first-order valence-electron chi connectivity index (χ1n) is 13.7. The number of benzene rings is 2. The number of imidazole rings is 1. The van der Waals surface area contributed by atoms with E-state index in [4.69, 9.17) is 9.97 Å². The molecule has 6 rings (SSSR count). The summed E-state index contributed by atoms with van der Waals surface area (Å²) in [4.78, 5) is 25.6. The first-order chi connectivity index (χ1) is 19.9. The Morgan fingerprint density at radius 2 is 1.85 bits per heavy atom. The Balaban J connectivity index is 1.38. The van der Waals surface area contributed by atoms with E-state index in [1.807, 2.05) is 50.3 Å². The molecule has 0 atom stereocenters. The molecule has 4 heterocycles. The zero-order valence-electron chi connectivity index (χ0n) is 23.0. The van der Waals surface area contributed by atoms with E-state index < -0.39 is 0 Å². The molecule has 1 aliphatic rings. The minimum atomic E-state index is -0.290. The van der Waals surface area contributed by atoms with Crippen LogP contribution in [0.25, 0.3) is 39.4 Å². The largest absolute Gasteiger partial charge is 0.345 e. The van der Waals surface area contributed by atoms with Crippen molar-refractivity contribution >= 4 is 34.0 Å². The van der Waals surface area contributed by atoms with Gasteiger partial charge in [0.25, 0.3) is 0 Å². The number of nitrogens with one attached hydrogen (secondary N) is 4. The summed E-state index contributed by atoms with van der Waals surface area (Å²) in [6.45, 7) is 6.14. The molecule has 0 radical (unpaired) electrons. The standard InChI is InChI=1S/C32H30FN7O/c1-4-19-15-21(17-23(16-19)35-27(41)14-18(2)3)25-11-12-26-29(36-25)30(40-39-26)32-37-28-24(6-5-13-34-31(28)38-32)20-7-9-22(33)10-8-20/h5-13,15-18,34H,4,14H2,1-3H3,(H,35,41)(H,37,38)(H,39,40). The van der Waals surface area contributed by atoms with Crippen molar-refractivity contribution in [1.29, 1.82) is 0 Å². The van der Waals surface area contributed by atoms with Crippen LogP contribution in [-0.4, -0.2) is 31.1 Å². The quantitative estimate of drug-likeness (QED) is 0.174. The summed E-state index contributed by atoms with van der Waals surface area (Å²) in [7, 11) is 0. The number of anilines is 2. The number of fused-ring (bicyclic) bond motifs is 2. The zero-order chi connectivity index (χ0) is 28.5. The Morgan fingerprint density at radius 1 is 1.02 bits per heavy atom. The van der Waals surface area contributed by atoms with Gasteiger partial charge in [-0.15, -0.1) is 0 Å². The number of aryl methyl sites for hydroxylation is 1. The molecule has 4 N–H and O–H groups in total. The molecule has 5 aromatic rings. The van der Waals surface area contributed by atoms with Gasteiger partial charge in [0.2, 0.25) is 5.91 Å². The number of aromatic amines is 2. The maximum Gasteiger partial charge on any atom is 0.224 e. The van der Waals surface area contributed by atoms with Gasteiger partial charge in [-0.1, -0.05) is 39.0 Å². The molecule has 0 spiro atoms. The second kappa shape index (κ2) is 10.8. The van der Waals surface area contributed by atoms with Crippen molar-refractivity contribution in [2.24, 2.45) is 5.92 Å². The summed E-state index contributed by atoms with van der Waals surface area (Å²) in [5.41, 5.74) is 8.04. The normalized spacial score (nSPS) is 12.7. The molecule has 9 heteroatoms. The van der Waals surface area contributed by atoms with Crippen LogP contribution < -0.4 is 10.6 Å². The minimum absolute atomic E-state index is 0.00479. The fourth-order valence-electron chi connectivity index (χ4n) is 4.93. The molecule has 1 amide bonds. The van der Waals surface area contributed by atoms with Crippen LogP contribution in [0.4, 0.5) is 15.9 Å². The molecule has 0 saturated heterocycles. The number of carbonyl (C=O) groups excluding carboxylic acids is 1. The lowest BCUT2D eigenvalue weighted by molar-refractivity contribution is -0.116. The molecular formula is C32H30FN7O. The average molecular weight is 548 g/mol. The maximum atomic E-state index is 13.6. The number of allylic oxidation sites excluding steroid dienone is 2. The second-order valence-corrected chi connectivity index (χ2v) is 10.5. The van der Waals surface area contributed by atoms with Crippen LogP contribution in [0.15, 0.2) is 72.9 Å². The van der Waals surface area contributed by atoms with E-state index in [9.17, 15) is 9.18 Å². The van der Waals surface area contributed by atoms with E-state index in [0.29, 0.717) is 29.3 Å². The highest BCUT2D eigenvalue weighted by Crippen LogP contribution is 2.34. The highest BCUT2D eigenvalue weighted by molar-refractivity contribution is 5.93. The van der Waals surface area contributed by atoms with Gasteiger partial charge in [0.1, 0.15) is 11.3 Å². The number of pyridine rings is 1.